The summed E-state index contributed by atoms with van der Waals surface area (Å²) in [6, 6.07) is 6.30. The number of hydrogen-bond donors (Lipinski definition) is 1. The zero-order chi connectivity index (χ0) is 11.1. The summed E-state index contributed by atoms with van der Waals surface area (Å²) >= 11 is 0. The SMILES string of the molecule is Cc1c(C2CC2)nc2cccc(CCN)n12. The van der Waals surface area contributed by atoms with Gasteiger partial charge in [-0.1, -0.05) is 6.07 Å². The van der Waals surface area contributed by atoms with Gasteiger partial charge in [-0.05, 0) is 38.4 Å². The molecule has 1 saturated carbocycles. The van der Waals surface area contributed by atoms with Gasteiger partial charge in [-0.25, -0.2) is 4.98 Å². The van der Waals surface area contributed by atoms with Crippen LogP contribution in [0.1, 0.15) is 35.8 Å². The Hall–Kier alpha value is -1.35. The van der Waals surface area contributed by atoms with Crippen molar-refractivity contribution in [1.29, 1.82) is 0 Å². The van der Waals surface area contributed by atoms with Gasteiger partial charge in [0.05, 0.1) is 5.69 Å². The first-order valence-corrected chi connectivity index (χ1v) is 5.98. The highest BCUT2D eigenvalue weighted by Crippen LogP contribution is 2.41. The molecule has 0 aliphatic heterocycles. The van der Waals surface area contributed by atoms with Crippen molar-refractivity contribution in [2.24, 2.45) is 5.73 Å². The second kappa shape index (κ2) is 3.59. The quantitative estimate of drug-likeness (QED) is 0.851. The number of rotatable bonds is 3. The zero-order valence-corrected chi connectivity index (χ0v) is 9.61. The highest BCUT2D eigenvalue weighted by molar-refractivity contribution is 5.46. The summed E-state index contributed by atoms with van der Waals surface area (Å²) in [5.41, 5.74) is 10.6. The van der Waals surface area contributed by atoms with Crippen LogP contribution < -0.4 is 5.73 Å². The van der Waals surface area contributed by atoms with E-state index in [4.69, 9.17) is 10.7 Å². The number of aromatic nitrogens is 2. The summed E-state index contributed by atoms with van der Waals surface area (Å²) in [5.74, 6) is 0.714. The Balaban J connectivity index is 2.20. The van der Waals surface area contributed by atoms with E-state index < -0.39 is 0 Å². The summed E-state index contributed by atoms with van der Waals surface area (Å²) in [6.07, 6.45) is 3.52. The second-order valence-corrected chi connectivity index (χ2v) is 4.61. The van der Waals surface area contributed by atoms with Gasteiger partial charge >= 0.3 is 0 Å². The molecule has 0 spiro atoms. The Labute approximate surface area is 95.3 Å². The molecule has 3 heteroatoms. The lowest BCUT2D eigenvalue weighted by atomic mass is 10.2. The van der Waals surface area contributed by atoms with E-state index >= 15 is 0 Å². The summed E-state index contributed by atoms with van der Waals surface area (Å²) in [4.78, 5) is 4.74. The van der Waals surface area contributed by atoms with Gasteiger partial charge in [-0.3, -0.25) is 0 Å². The molecule has 1 aliphatic rings. The second-order valence-electron chi connectivity index (χ2n) is 4.61. The highest BCUT2D eigenvalue weighted by Gasteiger charge is 2.28. The van der Waals surface area contributed by atoms with Gasteiger partial charge in [-0.2, -0.15) is 0 Å². The molecular formula is C13H17N3. The van der Waals surface area contributed by atoms with E-state index in [1.807, 2.05) is 0 Å². The first-order chi connectivity index (χ1) is 7.81. The molecule has 0 amide bonds. The van der Waals surface area contributed by atoms with Crippen LogP contribution >= 0.6 is 0 Å². The Morgan fingerprint density at radius 2 is 2.25 bits per heavy atom. The minimum Gasteiger partial charge on any atom is -0.330 e. The van der Waals surface area contributed by atoms with E-state index in [0.29, 0.717) is 12.5 Å². The maximum Gasteiger partial charge on any atom is 0.137 e. The minimum atomic E-state index is 0.690. The smallest absolute Gasteiger partial charge is 0.137 e. The largest absolute Gasteiger partial charge is 0.330 e. The van der Waals surface area contributed by atoms with Crippen molar-refractivity contribution < 1.29 is 0 Å². The van der Waals surface area contributed by atoms with Gasteiger partial charge in [0.15, 0.2) is 0 Å². The molecule has 0 atom stereocenters. The predicted molar refractivity (Wildman–Crippen MR) is 64.7 cm³/mol. The Kier molecular flexibility index (Phi) is 2.21. The van der Waals surface area contributed by atoms with Gasteiger partial charge < -0.3 is 10.1 Å². The monoisotopic (exact) mass is 215 g/mol. The molecule has 0 radical (unpaired) electrons. The van der Waals surface area contributed by atoms with Crippen LogP contribution in [0.4, 0.5) is 0 Å². The highest BCUT2D eigenvalue weighted by atomic mass is 15.0. The van der Waals surface area contributed by atoms with Crippen LogP contribution in [-0.4, -0.2) is 15.9 Å². The Morgan fingerprint density at radius 3 is 2.94 bits per heavy atom. The number of hydrogen-bond acceptors (Lipinski definition) is 2. The van der Waals surface area contributed by atoms with E-state index in [0.717, 1.165) is 12.1 Å². The van der Waals surface area contributed by atoms with E-state index in [-0.39, 0.29) is 0 Å². The van der Waals surface area contributed by atoms with Crippen LogP contribution in [0.2, 0.25) is 0 Å². The first-order valence-electron chi connectivity index (χ1n) is 5.98. The van der Waals surface area contributed by atoms with Crippen molar-refractivity contribution >= 4 is 5.65 Å². The van der Waals surface area contributed by atoms with Crippen LogP contribution in [0, 0.1) is 6.92 Å². The maximum atomic E-state index is 5.65. The molecule has 2 N–H and O–H groups in total. The molecule has 16 heavy (non-hydrogen) atoms. The predicted octanol–water partition coefficient (Wildman–Crippen LogP) is 2.02. The summed E-state index contributed by atoms with van der Waals surface area (Å²) < 4.78 is 2.26. The Bertz CT molecular complexity index is 523. The molecule has 2 heterocycles. The molecule has 3 nitrogen and oxygen atoms in total. The molecule has 0 unspecified atom stereocenters. The standard InChI is InChI=1S/C13H17N3/c1-9-13(10-5-6-10)15-12-4-2-3-11(7-8-14)16(9)12/h2-4,10H,5-8,14H2,1H3. The Morgan fingerprint density at radius 1 is 1.44 bits per heavy atom. The lowest BCUT2D eigenvalue weighted by molar-refractivity contribution is 0.877. The lowest BCUT2D eigenvalue weighted by Crippen LogP contribution is -2.07. The minimum absolute atomic E-state index is 0.690. The van der Waals surface area contributed by atoms with Crippen LogP contribution in [-0.2, 0) is 6.42 Å². The van der Waals surface area contributed by atoms with E-state index in [2.05, 4.69) is 29.5 Å². The number of imidazole rings is 1. The van der Waals surface area contributed by atoms with E-state index in [1.54, 1.807) is 0 Å². The molecule has 0 bridgehead atoms. The van der Waals surface area contributed by atoms with Crippen molar-refractivity contribution in [1.82, 2.24) is 9.38 Å². The van der Waals surface area contributed by atoms with E-state index in [9.17, 15) is 0 Å². The molecule has 0 aromatic carbocycles. The molecule has 1 fully saturated rings. The average molecular weight is 215 g/mol. The molecule has 2 aromatic rings. The van der Waals surface area contributed by atoms with Crippen LogP contribution in [0.5, 0.6) is 0 Å². The first kappa shape index (κ1) is 9.85. The van der Waals surface area contributed by atoms with Crippen molar-refractivity contribution in [3.05, 3.63) is 35.3 Å². The molecule has 2 aromatic heterocycles. The van der Waals surface area contributed by atoms with Crippen LogP contribution in [0.3, 0.4) is 0 Å². The average Bonchev–Trinajstić information content (AvgIpc) is 3.05. The summed E-state index contributed by atoms with van der Waals surface area (Å²) in [7, 11) is 0. The third-order valence-corrected chi connectivity index (χ3v) is 3.36. The molecule has 3 rings (SSSR count). The third kappa shape index (κ3) is 1.43. The number of nitrogens with zero attached hydrogens (tertiary/aromatic N) is 2. The van der Waals surface area contributed by atoms with E-state index in [1.165, 1.54) is 29.9 Å². The number of aryl methyl sites for hydroxylation is 1. The van der Waals surface area contributed by atoms with Gasteiger partial charge in [0.1, 0.15) is 5.65 Å². The summed E-state index contributed by atoms with van der Waals surface area (Å²) in [6.45, 7) is 2.86. The molecule has 84 valence electrons. The van der Waals surface area contributed by atoms with Crippen molar-refractivity contribution in [2.45, 2.75) is 32.1 Å². The lowest BCUT2D eigenvalue weighted by Gasteiger charge is -2.05. The van der Waals surface area contributed by atoms with Gasteiger partial charge in [0.2, 0.25) is 0 Å². The van der Waals surface area contributed by atoms with Gasteiger partial charge in [-0.15, -0.1) is 0 Å². The van der Waals surface area contributed by atoms with Crippen LogP contribution in [0.15, 0.2) is 18.2 Å². The topological polar surface area (TPSA) is 43.3 Å². The van der Waals surface area contributed by atoms with Crippen molar-refractivity contribution in [3.8, 4) is 0 Å². The van der Waals surface area contributed by atoms with Crippen molar-refractivity contribution in [3.63, 3.8) is 0 Å². The van der Waals surface area contributed by atoms with Crippen molar-refractivity contribution in [2.75, 3.05) is 6.54 Å². The number of nitrogens with two attached hydrogens (primary N) is 1. The van der Waals surface area contributed by atoms with Crippen LogP contribution in [0.25, 0.3) is 5.65 Å². The molecular weight excluding hydrogens is 198 g/mol. The third-order valence-electron chi connectivity index (χ3n) is 3.36. The van der Waals surface area contributed by atoms with Gasteiger partial charge in [0.25, 0.3) is 0 Å². The summed E-state index contributed by atoms with van der Waals surface area (Å²) in [5, 5.41) is 0. The van der Waals surface area contributed by atoms with Gasteiger partial charge in [0, 0.05) is 23.7 Å². The fourth-order valence-electron chi connectivity index (χ4n) is 2.42. The molecule has 0 saturated heterocycles. The maximum absolute atomic E-state index is 5.65. The zero-order valence-electron chi connectivity index (χ0n) is 9.61. The fourth-order valence-corrected chi connectivity index (χ4v) is 2.42. The fraction of sp³-hybridized carbons (Fsp3) is 0.462. The normalized spacial score (nSPS) is 15.9. The number of pyridine rings is 1. The molecule has 1 aliphatic carbocycles. The number of fused-ring (bicyclic) bond motifs is 1.